The number of phenolic OH excluding ortho intramolecular Hbond substituents is 1. The lowest BCUT2D eigenvalue weighted by atomic mass is 10.2. The number of amides is 1. The molecule has 3 rings (SSSR count). The van der Waals surface area contributed by atoms with Crippen LogP contribution < -0.4 is 5.32 Å². The van der Waals surface area contributed by atoms with E-state index in [1.165, 1.54) is 11.8 Å². The van der Waals surface area contributed by atoms with Gasteiger partial charge in [0, 0.05) is 16.7 Å². The number of hydrogen-bond acceptors (Lipinski definition) is 5. The van der Waals surface area contributed by atoms with Gasteiger partial charge in [-0.05, 0) is 43.3 Å². The van der Waals surface area contributed by atoms with Gasteiger partial charge in [0.25, 0.3) is 0 Å². The fraction of sp³-hybridized carbons (Fsp3) is 0.167. The number of nitrogens with one attached hydrogen (secondary N) is 1. The molecule has 0 saturated carbocycles. The fourth-order valence-corrected chi connectivity index (χ4v) is 3.93. The number of carbonyl (C=O) groups excluding carboxylic acids is 1. The number of phenols is 1. The largest absolute Gasteiger partial charge is 0.507 e. The van der Waals surface area contributed by atoms with E-state index in [9.17, 15) is 9.90 Å². The lowest BCUT2D eigenvalue weighted by molar-refractivity contribution is -0.113. The van der Waals surface area contributed by atoms with Crippen LogP contribution in [0.3, 0.4) is 0 Å². The normalized spacial score (nSPS) is 10.9. The van der Waals surface area contributed by atoms with Crippen LogP contribution in [0.2, 0.25) is 10.0 Å². The van der Waals surface area contributed by atoms with Crippen LogP contribution in [0.1, 0.15) is 6.92 Å². The monoisotopic (exact) mass is 500 g/mol. The molecule has 6 nitrogen and oxygen atoms in total. The van der Waals surface area contributed by atoms with Crippen LogP contribution in [0, 0.1) is 0 Å². The first kappa shape index (κ1) is 21.0. The molecule has 0 radical (unpaired) electrons. The molecule has 0 spiro atoms. The quantitative estimate of drug-likeness (QED) is 0.437. The molecule has 2 aromatic carbocycles. The van der Waals surface area contributed by atoms with Crippen LogP contribution in [0.4, 0.5) is 5.69 Å². The van der Waals surface area contributed by atoms with Crippen LogP contribution in [0.5, 0.6) is 5.75 Å². The van der Waals surface area contributed by atoms with Gasteiger partial charge in [0.2, 0.25) is 5.91 Å². The maximum atomic E-state index is 12.2. The van der Waals surface area contributed by atoms with Crippen molar-refractivity contribution in [3.05, 3.63) is 50.9 Å². The van der Waals surface area contributed by atoms with E-state index in [1.54, 1.807) is 36.4 Å². The molecule has 0 unspecified atom stereocenters. The lowest BCUT2D eigenvalue weighted by Crippen LogP contribution is -2.14. The highest BCUT2D eigenvalue weighted by Crippen LogP contribution is 2.32. The van der Waals surface area contributed by atoms with Gasteiger partial charge in [-0.25, -0.2) is 0 Å². The van der Waals surface area contributed by atoms with E-state index in [0.29, 0.717) is 38.8 Å². The maximum absolute atomic E-state index is 12.2. The Hall–Kier alpha value is -1.74. The number of anilines is 1. The van der Waals surface area contributed by atoms with Gasteiger partial charge in [-0.3, -0.25) is 4.79 Å². The molecule has 1 aromatic heterocycles. The zero-order valence-corrected chi connectivity index (χ0v) is 18.5. The highest BCUT2D eigenvalue weighted by atomic mass is 79.9. The molecule has 2 N–H and O–H groups in total. The van der Waals surface area contributed by atoms with Crippen molar-refractivity contribution in [1.82, 2.24) is 14.8 Å². The molecule has 0 aliphatic heterocycles. The Balaban J connectivity index is 1.72. The van der Waals surface area contributed by atoms with E-state index in [-0.39, 0.29) is 17.4 Å². The highest BCUT2D eigenvalue weighted by Gasteiger charge is 2.17. The molecule has 0 aliphatic carbocycles. The summed E-state index contributed by atoms with van der Waals surface area (Å²) in [6, 6.07) is 10.0. The molecule has 28 heavy (non-hydrogen) atoms. The second-order valence-electron chi connectivity index (χ2n) is 5.68. The molecular weight excluding hydrogens is 487 g/mol. The molecule has 1 amide bonds. The molecule has 0 saturated heterocycles. The third-order valence-electron chi connectivity index (χ3n) is 3.77. The summed E-state index contributed by atoms with van der Waals surface area (Å²) in [4.78, 5) is 12.2. The van der Waals surface area contributed by atoms with Crippen molar-refractivity contribution < 1.29 is 9.90 Å². The first-order chi connectivity index (χ1) is 13.4. The van der Waals surface area contributed by atoms with Crippen molar-refractivity contribution in [3.8, 4) is 17.1 Å². The van der Waals surface area contributed by atoms with Gasteiger partial charge in [-0.15, -0.1) is 10.2 Å². The Morgan fingerprint density at radius 2 is 2.00 bits per heavy atom. The molecule has 146 valence electrons. The first-order valence-corrected chi connectivity index (χ1v) is 10.7. The van der Waals surface area contributed by atoms with Gasteiger partial charge in [0.15, 0.2) is 11.0 Å². The molecule has 1 heterocycles. The SMILES string of the molecule is CCn1c(SCC(=O)Nc2ccc(Cl)c(Cl)c2)nnc1-c1cc(Br)ccc1O. The van der Waals surface area contributed by atoms with Crippen LogP contribution >= 0.6 is 50.9 Å². The Morgan fingerprint density at radius 1 is 1.21 bits per heavy atom. The number of rotatable bonds is 6. The Morgan fingerprint density at radius 3 is 2.71 bits per heavy atom. The second-order valence-corrected chi connectivity index (χ2v) is 8.35. The van der Waals surface area contributed by atoms with E-state index >= 15 is 0 Å². The van der Waals surface area contributed by atoms with E-state index in [2.05, 4.69) is 31.4 Å². The predicted molar refractivity (Wildman–Crippen MR) is 116 cm³/mol. The number of nitrogens with zero attached hydrogens (tertiary/aromatic N) is 3. The number of halogens is 3. The van der Waals surface area contributed by atoms with Crippen molar-refractivity contribution in [2.45, 2.75) is 18.6 Å². The van der Waals surface area contributed by atoms with Crippen LogP contribution in [-0.2, 0) is 11.3 Å². The summed E-state index contributed by atoms with van der Waals surface area (Å²) in [5.74, 6) is 0.580. The summed E-state index contributed by atoms with van der Waals surface area (Å²) in [6.45, 7) is 2.53. The Kier molecular flexibility index (Phi) is 6.87. The van der Waals surface area contributed by atoms with Crippen LogP contribution in [0.15, 0.2) is 46.0 Å². The average molecular weight is 502 g/mol. The second kappa shape index (κ2) is 9.17. The van der Waals surface area contributed by atoms with E-state index in [0.717, 1.165) is 4.47 Å². The Labute approximate surface area is 184 Å². The molecule has 10 heteroatoms. The van der Waals surface area contributed by atoms with Gasteiger partial charge >= 0.3 is 0 Å². The number of thioether (sulfide) groups is 1. The van der Waals surface area contributed by atoms with Gasteiger partial charge in [-0.1, -0.05) is 50.9 Å². The molecular formula is C18H15BrCl2N4O2S. The number of aromatic hydroxyl groups is 1. The van der Waals surface area contributed by atoms with Crippen molar-refractivity contribution in [1.29, 1.82) is 0 Å². The summed E-state index contributed by atoms with van der Waals surface area (Å²) in [6.07, 6.45) is 0. The van der Waals surface area contributed by atoms with Gasteiger partial charge in [-0.2, -0.15) is 0 Å². The number of carbonyl (C=O) groups is 1. The third-order valence-corrected chi connectivity index (χ3v) is 5.97. The summed E-state index contributed by atoms with van der Waals surface area (Å²) >= 11 is 16.5. The average Bonchev–Trinajstić information content (AvgIpc) is 3.07. The maximum Gasteiger partial charge on any atom is 0.234 e. The standard InChI is InChI=1S/C18H15BrCl2N4O2S/c1-2-25-17(12-7-10(19)3-6-15(12)26)23-24-18(25)28-9-16(27)22-11-4-5-13(20)14(21)8-11/h3-8,26H,2,9H2,1H3,(H,22,27). The number of benzene rings is 2. The van der Waals surface area contributed by atoms with Crippen LogP contribution in [0.25, 0.3) is 11.4 Å². The summed E-state index contributed by atoms with van der Waals surface area (Å²) in [7, 11) is 0. The van der Waals surface area contributed by atoms with Gasteiger partial charge in [0.1, 0.15) is 5.75 Å². The van der Waals surface area contributed by atoms with Gasteiger partial charge in [0.05, 0.1) is 21.4 Å². The lowest BCUT2D eigenvalue weighted by Gasteiger charge is -2.09. The van der Waals surface area contributed by atoms with Crippen molar-refractivity contribution in [2.75, 3.05) is 11.1 Å². The minimum Gasteiger partial charge on any atom is -0.507 e. The van der Waals surface area contributed by atoms with Crippen molar-refractivity contribution in [3.63, 3.8) is 0 Å². The van der Waals surface area contributed by atoms with E-state index in [4.69, 9.17) is 23.2 Å². The van der Waals surface area contributed by atoms with Gasteiger partial charge < -0.3 is 15.0 Å². The molecule has 0 atom stereocenters. The topological polar surface area (TPSA) is 80.0 Å². The van der Waals surface area contributed by atoms with Crippen LogP contribution in [-0.4, -0.2) is 31.5 Å². The minimum atomic E-state index is -0.208. The van der Waals surface area contributed by atoms with E-state index < -0.39 is 0 Å². The predicted octanol–water partition coefficient (Wildman–Crippen LogP) is 5.47. The summed E-state index contributed by atoms with van der Waals surface area (Å²) < 4.78 is 2.67. The number of aromatic nitrogens is 3. The van der Waals surface area contributed by atoms with Crippen molar-refractivity contribution in [2.24, 2.45) is 0 Å². The smallest absolute Gasteiger partial charge is 0.234 e. The van der Waals surface area contributed by atoms with E-state index in [1.807, 2.05) is 11.5 Å². The third kappa shape index (κ3) is 4.81. The highest BCUT2D eigenvalue weighted by molar-refractivity contribution is 9.10. The van der Waals surface area contributed by atoms with Crippen molar-refractivity contribution >= 4 is 62.5 Å². The zero-order valence-electron chi connectivity index (χ0n) is 14.6. The minimum absolute atomic E-state index is 0.110. The summed E-state index contributed by atoms with van der Waals surface area (Å²) in [5, 5.41) is 22.7. The summed E-state index contributed by atoms with van der Waals surface area (Å²) in [5.41, 5.74) is 1.13. The molecule has 3 aromatic rings. The fourth-order valence-electron chi connectivity index (χ4n) is 2.47. The number of hydrogen-bond donors (Lipinski definition) is 2. The molecule has 0 aliphatic rings. The molecule has 0 fully saturated rings. The first-order valence-electron chi connectivity index (χ1n) is 8.18. The zero-order chi connectivity index (χ0) is 20.3. The Bertz CT molecular complexity index is 1030. The molecule has 0 bridgehead atoms.